The van der Waals surface area contributed by atoms with Gasteiger partial charge < -0.3 is 31.2 Å². The number of alkyl halides is 3. The first kappa shape index (κ1) is 30.8. The van der Waals surface area contributed by atoms with Gasteiger partial charge in [-0.2, -0.15) is 0 Å². The standard InChI is InChI=1S/C30H41ClF2N6O2/c1-19(40)39-12-9-27(36-22-7-10-38(11-8-22)29(41)15-31)25(18-39)26-6-4-3-5-20-13-23(21(16-34)17-35-2)24(30(32)33)14-28(20)37-26/h13-14,16-17,22,26,30,34-37H,3-12,15,18H2,1-2H3/b21-17+,34-16?. The molecule has 224 valence electrons. The van der Waals surface area contributed by atoms with Crippen LogP contribution in [0.15, 0.2) is 29.6 Å². The van der Waals surface area contributed by atoms with Gasteiger partial charge in [0.2, 0.25) is 11.8 Å². The molecule has 0 bridgehead atoms. The molecule has 3 heterocycles. The third-order valence-corrected chi connectivity index (χ3v) is 8.61. The second-order valence-electron chi connectivity index (χ2n) is 11.0. The van der Waals surface area contributed by atoms with Gasteiger partial charge in [-0.15, -0.1) is 11.6 Å². The van der Waals surface area contributed by atoms with Gasteiger partial charge in [-0.05, 0) is 60.9 Å². The van der Waals surface area contributed by atoms with Crippen molar-refractivity contribution in [2.75, 3.05) is 44.4 Å². The smallest absolute Gasteiger partial charge is 0.264 e. The first-order chi connectivity index (χ1) is 19.7. The average Bonchev–Trinajstić information content (AvgIpc) is 2.96. The third kappa shape index (κ3) is 7.39. The van der Waals surface area contributed by atoms with Crippen LogP contribution in [0.25, 0.3) is 5.57 Å². The number of aryl methyl sites for hydroxylation is 1. The van der Waals surface area contributed by atoms with Crippen molar-refractivity contribution in [1.82, 2.24) is 20.4 Å². The number of benzene rings is 1. The van der Waals surface area contributed by atoms with E-state index >= 15 is 0 Å². The molecule has 0 radical (unpaired) electrons. The number of carbonyl (C=O) groups is 2. The number of anilines is 1. The lowest BCUT2D eigenvalue weighted by Gasteiger charge is -2.39. The van der Waals surface area contributed by atoms with E-state index in [9.17, 15) is 18.4 Å². The van der Waals surface area contributed by atoms with Crippen LogP contribution in [0.1, 0.15) is 68.6 Å². The molecule has 1 aromatic carbocycles. The number of amides is 2. The van der Waals surface area contributed by atoms with Gasteiger partial charge in [-0.25, -0.2) is 8.78 Å². The van der Waals surface area contributed by atoms with E-state index in [4.69, 9.17) is 17.0 Å². The minimum absolute atomic E-state index is 0.00761. The molecule has 11 heteroatoms. The fourth-order valence-electron chi connectivity index (χ4n) is 6.12. The van der Waals surface area contributed by atoms with E-state index in [2.05, 4.69) is 16.0 Å². The quantitative estimate of drug-likeness (QED) is 0.261. The molecule has 4 N–H and O–H groups in total. The molecule has 1 aromatic rings. The Labute approximate surface area is 246 Å². The average molecular weight is 591 g/mol. The van der Waals surface area contributed by atoms with Crippen LogP contribution in [0.5, 0.6) is 0 Å². The number of rotatable bonds is 8. The SMILES string of the molecule is CN/C=C(\C=N)c1cc2c(cc1C(F)F)NC(C1=C(NC3CCN(C(=O)CCl)CC3)CCN(C(C)=O)C1)CCCC2. The van der Waals surface area contributed by atoms with E-state index in [-0.39, 0.29) is 35.3 Å². The Hall–Kier alpha value is -3.14. The molecule has 1 atom stereocenters. The van der Waals surface area contributed by atoms with E-state index in [1.165, 1.54) is 0 Å². The maximum absolute atomic E-state index is 14.3. The van der Waals surface area contributed by atoms with E-state index in [1.54, 1.807) is 37.2 Å². The number of likely N-dealkylation sites (tertiary alicyclic amines) is 1. The van der Waals surface area contributed by atoms with Gasteiger partial charge in [-0.3, -0.25) is 9.59 Å². The minimum Gasteiger partial charge on any atom is -0.393 e. The predicted octanol–water partition coefficient (Wildman–Crippen LogP) is 4.67. The molecule has 0 aromatic heterocycles. The lowest BCUT2D eigenvalue weighted by atomic mass is 9.88. The van der Waals surface area contributed by atoms with Gasteiger partial charge >= 0.3 is 0 Å². The van der Waals surface area contributed by atoms with Gasteiger partial charge in [0.05, 0.1) is 6.04 Å². The molecule has 1 fully saturated rings. The summed E-state index contributed by atoms with van der Waals surface area (Å²) in [5, 5.41) is 18.0. The molecule has 8 nitrogen and oxygen atoms in total. The Morgan fingerprint density at radius 1 is 1.15 bits per heavy atom. The molecule has 0 saturated carbocycles. The van der Waals surface area contributed by atoms with Crippen molar-refractivity contribution >= 4 is 40.9 Å². The molecule has 1 unspecified atom stereocenters. The summed E-state index contributed by atoms with van der Waals surface area (Å²) in [4.78, 5) is 28.0. The molecule has 2 amide bonds. The number of piperidine rings is 1. The fraction of sp³-hybridized carbons (Fsp3) is 0.567. The highest BCUT2D eigenvalue weighted by Gasteiger charge is 2.31. The zero-order valence-corrected chi connectivity index (χ0v) is 24.6. The lowest BCUT2D eigenvalue weighted by molar-refractivity contribution is -0.129. The summed E-state index contributed by atoms with van der Waals surface area (Å²) in [5.41, 5.74) is 4.49. The van der Waals surface area contributed by atoms with Crippen molar-refractivity contribution in [2.45, 2.75) is 70.4 Å². The number of hydrogen-bond donors (Lipinski definition) is 4. The number of allylic oxidation sites excluding steroid dienone is 1. The fourth-order valence-corrected chi connectivity index (χ4v) is 6.29. The highest BCUT2D eigenvalue weighted by molar-refractivity contribution is 6.27. The Balaban J connectivity index is 1.66. The van der Waals surface area contributed by atoms with Gasteiger partial charge in [0, 0.05) is 87.5 Å². The van der Waals surface area contributed by atoms with Crippen LogP contribution >= 0.6 is 11.6 Å². The van der Waals surface area contributed by atoms with Crippen LogP contribution < -0.4 is 16.0 Å². The summed E-state index contributed by atoms with van der Waals surface area (Å²) in [6.07, 6.45) is 5.72. The third-order valence-electron chi connectivity index (χ3n) is 8.38. The maximum Gasteiger partial charge on any atom is 0.264 e. The Bertz CT molecular complexity index is 1200. The molecule has 3 aliphatic heterocycles. The zero-order valence-electron chi connectivity index (χ0n) is 23.9. The Kier molecular flexibility index (Phi) is 10.6. The monoisotopic (exact) mass is 590 g/mol. The number of hydrogen-bond acceptors (Lipinski definition) is 6. The molecular formula is C30H41ClF2N6O2. The van der Waals surface area contributed by atoms with Gasteiger partial charge in [0.15, 0.2) is 0 Å². The summed E-state index contributed by atoms with van der Waals surface area (Å²) in [7, 11) is 1.68. The van der Waals surface area contributed by atoms with Crippen molar-refractivity contribution in [3.63, 3.8) is 0 Å². The van der Waals surface area contributed by atoms with Gasteiger partial charge in [-0.1, -0.05) is 6.42 Å². The number of nitrogens with zero attached hydrogens (tertiary/aromatic N) is 2. The van der Waals surface area contributed by atoms with E-state index in [0.717, 1.165) is 61.6 Å². The van der Waals surface area contributed by atoms with Crippen molar-refractivity contribution < 1.29 is 18.4 Å². The number of nitrogens with one attached hydrogen (secondary N) is 4. The highest BCUT2D eigenvalue weighted by Crippen LogP contribution is 2.36. The van der Waals surface area contributed by atoms with E-state index < -0.39 is 6.43 Å². The normalized spacial score (nSPS) is 20.6. The minimum atomic E-state index is -2.70. The first-order valence-electron chi connectivity index (χ1n) is 14.4. The van der Waals surface area contributed by atoms with Gasteiger partial charge in [0.1, 0.15) is 5.88 Å². The highest BCUT2D eigenvalue weighted by atomic mass is 35.5. The summed E-state index contributed by atoms with van der Waals surface area (Å²) >= 11 is 5.74. The molecule has 3 aliphatic rings. The molecular weight excluding hydrogens is 550 g/mol. The second-order valence-corrected chi connectivity index (χ2v) is 11.3. The molecule has 0 spiro atoms. The van der Waals surface area contributed by atoms with Crippen molar-refractivity contribution in [1.29, 1.82) is 5.41 Å². The zero-order chi connectivity index (χ0) is 29.5. The van der Waals surface area contributed by atoms with Crippen LogP contribution in [-0.4, -0.2) is 79.0 Å². The van der Waals surface area contributed by atoms with Crippen LogP contribution in [0, 0.1) is 5.41 Å². The van der Waals surface area contributed by atoms with Crippen molar-refractivity contribution in [2.24, 2.45) is 0 Å². The first-order valence-corrected chi connectivity index (χ1v) is 15.0. The lowest BCUT2D eigenvalue weighted by Crippen LogP contribution is -2.48. The van der Waals surface area contributed by atoms with Gasteiger partial charge in [0.25, 0.3) is 6.43 Å². The number of carbonyl (C=O) groups excluding carboxylic acids is 2. The van der Waals surface area contributed by atoms with Crippen molar-refractivity contribution in [3.8, 4) is 0 Å². The summed E-state index contributed by atoms with van der Waals surface area (Å²) in [6, 6.07) is 3.43. The van der Waals surface area contributed by atoms with Crippen molar-refractivity contribution in [3.05, 3.63) is 46.3 Å². The molecule has 0 aliphatic carbocycles. The second kappa shape index (κ2) is 14.2. The molecule has 1 saturated heterocycles. The summed E-state index contributed by atoms with van der Waals surface area (Å²) in [6.45, 7) is 3.99. The summed E-state index contributed by atoms with van der Waals surface area (Å²) in [5.74, 6) is -0.0368. The van der Waals surface area contributed by atoms with Crippen LogP contribution in [0.2, 0.25) is 0 Å². The van der Waals surface area contributed by atoms with Crippen LogP contribution in [0.4, 0.5) is 14.5 Å². The van der Waals surface area contributed by atoms with Crippen LogP contribution in [-0.2, 0) is 16.0 Å². The summed E-state index contributed by atoms with van der Waals surface area (Å²) < 4.78 is 28.6. The predicted molar refractivity (Wildman–Crippen MR) is 160 cm³/mol. The number of halogens is 3. The number of fused-ring (bicyclic) bond motifs is 1. The largest absolute Gasteiger partial charge is 0.393 e. The topological polar surface area (TPSA) is 101 Å². The van der Waals surface area contributed by atoms with E-state index in [0.29, 0.717) is 49.4 Å². The Morgan fingerprint density at radius 3 is 2.54 bits per heavy atom. The Morgan fingerprint density at radius 2 is 1.90 bits per heavy atom. The molecule has 4 rings (SSSR count). The van der Waals surface area contributed by atoms with Crippen LogP contribution in [0.3, 0.4) is 0 Å². The van der Waals surface area contributed by atoms with E-state index in [1.807, 2.05) is 4.90 Å². The maximum atomic E-state index is 14.3. The molecule has 41 heavy (non-hydrogen) atoms.